The lowest BCUT2D eigenvalue weighted by molar-refractivity contribution is -0.137. The van der Waals surface area contributed by atoms with E-state index < -0.39 is 0 Å². The van der Waals surface area contributed by atoms with Gasteiger partial charge in [0.15, 0.2) is 0 Å². The highest BCUT2D eigenvalue weighted by Gasteiger charge is 2.47. The lowest BCUT2D eigenvalue weighted by Crippen LogP contribution is -2.49. The summed E-state index contributed by atoms with van der Waals surface area (Å²) >= 11 is 0. The molecule has 3 saturated heterocycles. The number of likely N-dealkylation sites (tertiary alicyclic amines) is 2. The van der Waals surface area contributed by atoms with Crippen molar-refractivity contribution < 1.29 is 14.3 Å². The fourth-order valence-electron chi connectivity index (χ4n) is 4.28. The lowest BCUT2D eigenvalue weighted by atomic mass is 9.99. The Morgan fingerprint density at radius 3 is 2.54 bits per heavy atom. The summed E-state index contributed by atoms with van der Waals surface area (Å²) in [5.74, 6) is 0.118. The monoisotopic (exact) mass is 357 g/mol. The van der Waals surface area contributed by atoms with E-state index in [1.165, 1.54) is 5.56 Å². The molecule has 3 atom stereocenters. The summed E-state index contributed by atoms with van der Waals surface area (Å²) in [6, 6.07) is 7.82. The number of aryl methyl sites for hydroxylation is 1. The fourth-order valence-corrected chi connectivity index (χ4v) is 4.28. The van der Waals surface area contributed by atoms with Gasteiger partial charge < -0.3 is 19.9 Å². The normalized spacial score (nSPS) is 27.7. The first-order chi connectivity index (χ1) is 12.6. The summed E-state index contributed by atoms with van der Waals surface area (Å²) in [5.41, 5.74) is 2.05. The number of benzene rings is 1. The zero-order valence-electron chi connectivity index (χ0n) is 15.3. The molecule has 3 aliphatic heterocycles. The third-order valence-electron chi connectivity index (χ3n) is 5.79. The first kappa shape index (κ1) is 17.3. The number of carbonyl (C=O) groups is 2. The number of hydrogen-bond acceptors (Lipinski definition) is 3. The highest BCUT2D eigenvalue weighted by molar-refractivity contribution is 5.89. The zero-order chi connectivity index (χ0) is 18.1. The maximum absolute atomic E-state index is 12.7. The Hall–Kier alpha value is -2.08. The van der Waals surface area contributed by atoms with E-state index in [1.54, 1.807) is 4.90 Å². The van der Waals surface area contributed by atoms with Gasteiger partial charge in [0.25, 0.3) is 0 Å². The van der Waals surface area contributed by atoms with Crippen LogP contribution in [0.2, 0.25) is 0 Å². The van der Waals surface area contributed by atoms with E-state index in [0.29, 0.717) is 13.1 Å². The highest BCUT2D eigenvalue weighted by atomic mass is 16.5. The van der Waals surface area contributed by atoms with Gasteiger partial charge in [0.2, 0.25) is 5.91 Å². The molecule has 6 heteroatoms. The Morgan fingerprint density at radius 1 is 1.12 bits per heavy atom. The Kier molecular flexibility index (Phi) is 4.85. The van der Waals surface area contributed by atoms with E-state index in [0.717, 1.165) is 44.5 Å². The lowest BCUT2D eigenvalue weighted by Gasteiger charge is -2.33. The predicted octanol–water partition coefficient (Wildman–Crippen LogP) is 2.49. The Labute approximate surface area is 154 Å². The van der Waals surface area contributed by atoms with Gasteiger partial charge >= 0.3 is 6.03 Å². The quantitative estimate of drug-likeness (QED) is 0.904. The van der Waals surface area contributed by atoms with Crippen molar-refractivity contribution >= 4 is 17.6 Å². The molecule has 0 aromatic heterocycles. The zero-order valence-corrected chi connectivity index (χ0v) is 15.3. The fraction of sp³-hybridized carbons (Fsp3) is 0.600. The van der Waals surface area contributed by atoms with Crippen LogP contribution in [0.4, 0.5) is 10.5 Å². The first-order valence-electron chi connectivity index (χ1n) is 9.73. The molecule has 0 aliphatic carbocycles. The molecule has 3 fully saturated rings. The second-order valence-corrected chi connectivity index (χ2v) is 7.56. The van der Waals surface area contributed by atoms with E-state index in [2.05, 4.69) is 12.2 Å². The van der Waals surface area contributed by atoms with Gasteiger partial charge in [-0.3, -0.25) is 4.79 Å². The van der Waals surface area contributed by atoms with Crippen molar-refractivity contribution in [3.8, 4) is 0 Å². The second kappa shape index (κ2) is 7.27. The van der Waals surface area contributed by atoms with Crippen LogP contribution in [0, 0.1) is 5.92 Å². The van der Waals surface area contributed by atoms with Gasteiger partial charge in [-0.2, -0.15) is 0 Å². The van der Waals surface area contributed by atoms with Gasteiger partial charge in [-0.05, 0) is 43.4 Å². The molecular formula is C20H27N3O3. The van der Waals surface area contributed by atoms with Crippen molar-refractivity contribution in [3.05, 3.63) is 29.8 Å². The molecule has 3 amide bonds. The van der Waals surface area contributed by atoms with Crippen LogP contribution in [-0.4, -0.2) is 60.1 Å². The smallest absolute Gasteiger partial charge is 0.322 e. The minimum Gasteiger partial charge on any atom is -0.370 e. The van der Waals surface area contributed by atoms with Crippen molar-refractivity contribution in [3.63, 3.8) is 0 Å². The van der Waals surface area contributed by atoms with Crippen molar-refractivity contribution in [2.45, 2.75) is 44.8 Å². The topological polar surface area (TPSA) is 61.9 Å². The predicted molar refractivity (Wildman–Crippen MR) is 99.0 cm³/mol. The summed E-state index contributed by atoms with van der Waals surface area (Å²) in [6.07, 6.45) is 3.70. The van der Waals surface area contributed by atoms with E-state index >= 15 is 0 Å². The van der Waals surface area contributed by atoms with Crippen LogP contribution in [0.3, 0.4) is 0 Å². The third-order valence-corrected chi connectivity index (χ3v) is 5.79. The molecular weight excluding hydrogens is 330 g/mol. The SMILES string of the molecule is CCc1ccc(NC(=O)N2C[C@H]3C[C@H](C(=O)N4CCCC4)[C@@H](C2)O3)cc1. The molecule has 26 heavy (non-hydrogen) atoms. The number of carbonyl (C=O) groups excluding carboxylic acids is 2. The Balaban J connectivity index is 1.37. The van der Waals surface area contributed by atoms with Gasteiger partial charge in [-0.15, -0.1) is 0 Å². The van der Waals surface area contributed by atoms with Crippen LogP contribution in [0.5, 0.6) is 0 Å². The molecule has 140 valence electrons. The number of rotatable bonds is 3. The van der Waals surface area contributed by atoms with Crippen LogP contribution in [0.1, 0.15) is 31.7 Å². The molecule has 0 radical (unpaired) electrons. The van der Waals surface area contributed by atoms with Crippen molar-refractivity contribution in [1.29, 1.82) is 0 Å². The van der Waals surface area contributed by atoms with Crippen LogP contribution in [0.25, 0.3) is 0 Å². The Bertz CT molecular complexity index is 669. The van der Waals surface area contributed by atoms with E-state index in [1.807, 2.05) is 29.2 Å². The van der Waals surface area contributed by atoms with E-state index in [-0.39, 0.29) is 30.1 Å². The van der Waals surface area contributed by atoms with Gasteiger partial charge in [0, 0.05) is 31.9 Å². The number of ether oxygens (including phenoxy) is 1. The van der Waals surface area contributed by atoms with E-state index in [4.69, 9.17) is 4.74 Å². The molecule has 4 rings (SSSR count). The number of morpholine rings is 1. The maximum atomic E-state index is 12.7. The molecule has 2 bridgehead atoms. The van der Waals surface area contributed by atoms with Crippen LogP contribution < -0.4 is 5.32 Å². The number of nitrogens with zero attached hydrogens (tertiary/aromatic N) is 2. The van der Waals surface area contributed by atoms with Crippen molar-refractivity contribution in [2.75, 3.05) is 31.5 Å². The van der Waals surface area contributed by atoms with Crippen LogP contribution in [0.15, 0.2) is 24.3 Å². The summed E-state index contributed by atoms with van der Waals surface area (Å²) in [5, 5.41) is 2.97. The molecule has 0 saturated carbocycles. The summed E-state index contributed by atoms with van der Waals surface area (Å²) in [6.45, 7) is 4.88. The number of nitrogens with one attached hydrogen (secondary N) is 1. The molecule has 1 aromatic carbocycles. The average molecular weight is 357 g/mol. The van der Waals surface area contributed by atoms with Gasteiger partial charge in [0.1, 0.15) is 0 Å². The van der Waals surface area contributed by atoms with Crippen LogP contribution in [-0.2, 0) is 16.0 Å². The molecule has 6 nitrogen and oxygen atoms in total. The number of anilines is 1. The first-order valence-corrected chi connectivity index (χ1v) is 9.73. The number of amides is 3. The highest BCUT2D eigenvalue weighted by Crippen LogP contribution is 2.34. The maximum Gasteiger partial charge on any atom is 0.322 e. The van der Waals surface area contributed by atoms with Crippen LogP contribution >= 0.6 is 0 Å². The van der Waals surface area contributed by atoms with Gasteiger partial charge in [-0.25, -0.2) is 4.79 Å². The van der Waals surface area contributed by atoms with Crippen molar-refractivity contribution in [2.24, 2.45) is 5.92 Å². The summed E-state index contributed by atoms with van der Waals surface area (Å²) in [4.78, 5) is 29.1. The van der Waals surface area contributed by atoms with Gasteiger partial charge in [0.05, 0.1) is 18.1 Å². The molecule has 1 N–H and O–H groups in total. The summed E-state index contributed by atoms with van der Waals surface area (Å²) in [7, 11) is 0. The third kappa shape index (κ3) is 3.43. The standard InChI is InChI=1S/C20H27N3O3/c1-2-14-5-7-15(8-6-14)21-20(25)23-12-16-11-17(18(13-23)26-16)19(24)22-9-3-4-10-22/h5-8,16-18H,2-4,9-13H2,1H3,(H,21,25)/t16-,17+,18-/m1/s1. The number of fused-ring (bicyclic) bond motifs is 2. The molecule has 1 aromatic rings. The van der Waals surface area contributed by atoms with E-state index in [9.17, 15) is 9.59 Å². The second-order valence-electron chi connectivity index (χ2n) is 7.56. The summed E-state index contributed by atoms with van der Waals surface area (Å²) < 4.78 is 5.98. The molecule has 0 unspecified atom stereocenters. The number of hydrogen-bond donors (Lipinski definition) is 1. The average Bonchev–Trinajstić information content (AvgIpc) is 3.29. The molecule has 3 aliphatic rings. The minimum atomic E-state index is -0.171. The molecule has 0 spiro atoms. The largest absolute Gasteiger partial charge is 0.370 e. The van der Waals surface area contributed by atoms with Gasteiger partial charge in [-0.1, -0.05) is 19.1 Å². The van der Waals surface area contributed by atoms with Crippen molar-refractivity contribution in [1.82, 2.24) is 9.80 Å². The minimum absolute atomic E-state index is 0.0291. The number of urea groups is 1. The Morgan fingerprint density at radius 2 is 1.85 bits per heavy atom. The molecule has 3 heterocycles.